The summed E-state index contributed by atoms with van der Waals surface area (Å²) in [5.74, 6) is 1.01. The topological polar surface area (TPSA) is 15.3 Å². The third-order valence-corrected chi connectivity index (χ3v) is 2.98. The number of nitrogens with one attached hydrogen (secondary N) is 1. The Labute approximate surface area is 89.1 Å². The fraction of sp³-hybridized carbons (Fsp3) is 1.00. The Kier molecular flexibility index (Phi) is 5.49. The van der Waals surface area contributed by atoms with E-state index < -0.39 is 0 Å². The molecule has 0 heterocycles. The number of hydrogen-bond acceptors (Lipinski definition) is 2. The molecule has 1 unspecified atom stereocenters. The first kappa shape index (κ1) is 12.0. The Hall–Kier alpha value is -0.0800. The van der Waals surface area contributed by atoms with Crippen molar-refractivity contribution >= 4 is 0 Å². The molecule has 2 nitrogen and oxygen atoms in total. The van der Waals surface area contributed by atoms with Gasteiger partial charge in [0.05, 0.1) is 0 Å². The summed E-state index contributed by atoms with van der Waals surface area (Å²) in [5.41, 5.74) is 0. The highest BCUT2D eigenvalue weighted by atomic mass is 15.1. The minimum absolute atomic E-state index is 0.821. The molecule has 1 aliphatic rings. The summed E-state index contributed by atoms with van der Waals surface area (Å²) in [7, 11) is 4.29. The Morgan fingerprint density at radius 3 is 2.57 bits per heavy atom. The van der Waals surface area contributed by atoms with Gasteiger partial charge in [0, 0.05) is 6.04 Å². The molecule has 0 spiro atoms. The maximum atomic E-state index is 3.71. The molecule has 2 heteroatoms. The summed E-state index contributed by atoms with van der Waals surface area (Å²) >= 11 is 0. The lowest BCUT2D eigenvalue weighted by atomic mass is 10.1. The van der Waals surface area contributed by atoms with E-state index >= 15 is 0 Å². The van der Waals surface area contributed by atoms with Crippen LogP contribution in [0.25, 0.3) is 0 Å². The molecule has 1 aliphatic carbocycles. The van der Waals surface area contributed by atoms with Crippen molar-refractivity contribution < 1.29 is 0 Å². The van der Waals surface area contributed by atoms with Crippen LogP contribution < -0.4 is 5.32 Å². The van der Waals surface area contributed by atoms with Gasteiger partial charge in [0.25, 0.3) is 0 Å². The summed E-state index contributed by atoms with van der Waals surface area (Å²) in [6, 6.07) is 0.821. The van der Waals surface area contributed by atoms with E-state index in [0.717, 1.165) is 12.0 Å². The van der Waals surface area contributed by atoms with Crippen LogP contribution in [0.5, 0.6) is 0 Å². The highest BCUT2D eigenvalue weighted by Crippen LogP contribution is 2.34. The van der Waals surface area contributed by atoms with Crippen molar-refractivity contribution in [2.75, 3.05) is 27.2 Å². The zero-order chi connectivity index (χ0) is 10.4. The van der Waals surface area contributed by atoms with Crippen molar-refractivity contribution in [1.29, 1.82) is 0 Å². The molecule has 0 saturated heterocycles. The summed E-state index contributed by atoms with van der Waals surface area (Å²) in [4.78, 5) is 2.26. The molecule has 1 atom stereocenters. The van der Waals surface area contributed by atoms with Gasteiger partial charge < -0.3 is 10.2 Å². The summed E-state index contributed by atoms with van der Waals surface area (Å²) in [5, 5.41) is 3.71. The van der Waals surface area contributed by atoms with Gasteiger partial charge in [-0.3, -0.25) is 0 Å². The summed E-state index contributed by atoms with van der Waals surface area (Å²) < 4.78 is 0. The molecule has 84 valence electrons. The van der Waals surface area contributed by atoms with Crippen LogP contribution in [0.2, 0.25) is 0 Å². The second kappa shape index (κ2) is 6.41. The van der Waals surface area contributed by atoms with E-state index in [4.69, 9.17) is 0 Å². The van der Waals surface area contributed by atoms with Gasteiger partial charge in [-0.25, -0.2) is 0 Å². The van der Waals surface area contributed by atoms with E-state index in [9.17, 15) is 0 Å². The predicted octanol–water partition coefficient (Wildman–Crippen LogP) is 2.11. The van der Waals surface area contributed by atoms with Crippen LogP contribution in [-0.2, 0) is 0 Å². The Morgan fingerprint density at radius 2 is 2.07 bits per heavy atom. The average molecular weight is 198 g/mol. The molecule has 1 N–H and O–H groups in total. The molecule has 0 aromatic heterocycles. The molecule has 0 bridgehead atoms. The van der Waals surface area contributed by atoms with Crippen LogP contribution >= 0.6 is 0 Å². The number of rotatable bonds is 8. The molecule has 0 aromatic rings. The van der Waals surface area contributed by atoms with E-state index in [0.29, 0.717) is 0 Å². The summed E-state index contributed by atoms with van der Waals surface area (Å²) in [6.07, 6.45) is 6.89. The van der Waals surface area contributed by atoms with Gasteiger partial charge >= 0.3 is 0 Å². The standard InChI is InChI=1S/C12H26N2/c1-4-6-12(11-7-8-11)13-9-5-10-14(2)3/h11-13H,4-10H2,1-3H3. The van der Waals surface area contributed by atoms with Crippen molar-refractivity contribution in [2.24, 2.45) is 5.92 Å². The van der Waals surface area contributed by atoms with Crippen LogP contribution in [0.1, 0.15) is 39.0 Å². The minimum atomic E-state index is 0.821. The molecule has 1 fully saturated rings. The van der Waals surface area contributed by atoms with E-state index in [-0.39, 0.29) is 0 Å². The van der Waals surface area contributed by atoms with Crippen molar-refractivity contribution in [1.82, 2.24) is 10.2 Å². The third-order valence-electron chi connectivity index (χ3n) is 2.98. The zero-order valence-corrected chi connectivity index (χ0v) is 10.1. The van der Waals surface area contributed by atoms with E-state index in [2.05, 4.69) is 31.2 Å². The first-order valence-corrected chi connectivity index (χ1v) is 6.12. The maximum Gasteiger partial charge on any atom is 0.00952 e. The highest BCUT2D eigenvalue weighted by molar-refractivity contribution is 4.85. The smallest absolute Gasteiger partial charge is 0.00952 e. The molecule has 0 radical (unpaired) electrons. The van der Waals surface area contributed by atoms with Crippen molar-refractivity contribution in [3.8, 4) is 0 Å². The fourth-order valence-corrected chi connectivity index (χ4v) is 2.00. The fourth-order valence-electron chi connectivity index (χ4n) is 2.00. The molecule has 0 amide bonds. The largest absolute Gasteiger partial charge is 0.314 e. The number of nitrogens with zero attached hydrogens (tertiary/aromatic N) is 1. The molecule has 14 heavy (non-hydrogen) atoms. The molecular weight excluding hydrogens is 172 g/mol. The maximum absolute atomic E-state index is 3.71. The lowest BCUT2D eigenvalue weighted by molar-refractivity contribution is 0.371. The Morgan fingerprint density at radius 1 is 1.36 bits per heavy atom. The van der Waals surface area contributed by atoms with Gasteiger partial charge in [-0.1, -0.05) is 13.3 Å². The monoisotopic (exact) mass is 198 g/mol. The van der Waals surface area contributed by atoms with Crippen LogP contribution in [0.3, 0.4) is 0 Å². The quantitative estimate of drug-likeness (QED) is 0.601. The second-order valence-electron chi connectivity index (χ2n) is 4.84. The number of hydrogen-bond donors (Lipinski definition) is 1. The van der Waals surface area contributed by atoms with Crippen LogP contribution in [-0.4, -0.2) is 38.1 Å². The molecule has 1 rings (SSSR count). The first-order valence-electron chi connectivity index (χ1n) is 6.12. The van der Waals surface area contributed by atoms with E-state index in [1.165, 1.54) is 45.2 Å². The molecular formula is C12H26N2. The first-order chi connectivity index (χ1) is 6.74. The summed E-state index contributed by atoms with van der Waals surface area (Å²) in [6.45, 7) is 4.69. The third kappa shape index (κ3) is 4.97. The highest BCUT2D eigenvalue weighted by Gasteiger charge is 2.29. The molecule has 0 aromatic carbocycles. The van der Waals surface area contributed by atoms with Gasteiger partial charge in [0.2, 0.25) is 0 Å². The van der Waals surface area contributed by atoms with E-state index in [1.807, 2.05) is 0 Å². The van der Waals surface area contributed by atoms with Crippen LogP contribution in [0.15, 0.2) is 0 Å². The van der Waals surface area contributed by atoms with Crippen LogP contribution in [0.4, 0.5) is 0 Å². The second-order valence-corrected chi connectivity index (χ2v) is 4.84. The van der Waals surface area contributed by atoms with E-state index in [1.54, 1.807) is 0 Å². The van der Waals surface area contributed by atoms with Gasteiger partial charge in [0.1, 0.15) is 0 Å². The van der Waals surface area contributed by atoms with Gasteiger partial charge in [0.15, 0.2) is 0 Å². The minimum Gasteiger partial charge on any atom is -0.314 e. The Bertz CT molecular complexity index is 141. The molecule has 0 aliphatic heterocycles. The predicted molar refractivity (Wildman–Crippen MR) is 62.6 cm³/mol. The van der Waals surface area contributed by atoms with Gasteiger partial charge in [-0.2, -0.15) is 0 Å². The molecule has 1 saturated carbocycles. The zero-order valence-electron chi connectivity index (χ0n) is 10.1. The lowest BCUT2D eigenvalue weighted by Gasteiger charge is -2.18. The lowest BCUT2D eigenvalue weighted by Crippen LogP contribution is -2.33. The van der Waals surface area contributed by atoms with Crippen molar-refractivity contribution in [2.45, 2.75) is 45.1 Å². The average Bonchev–Trinajstić information content (AvgIpc) is 2.93. The van der Waals surface area contributed by atoms with Crippen molar-refractivity contribution in [3.63, 3.8) is 0 Å². The normalized spacial score (nSPS) is 18.9. The van der Waals surface area contributed by atoms with Crippen molar-refractivity contribution in [3.05, 3.63) is 0 Å². The van der Waals surface area contributed by atoms with Gasteiger partial charge in [-0.15, -0.1) is 0 Å². The Balaban J connectivity index is 2.01. The van der Waals surface area contributed by atoms with Crippen LogP contribution in [0, 0.1) is 5.92 Å². The SMILES string of the molecule is CCCC(NCCCN(C)C)C1CC1. The van der Waals surface area contributed by atoms with Gasteiger partial charge in [-0.05, 0) is 58.8 Å².